The van der Waals surface area contributed by atoms with Crippen LogP contribution in [0.2, 0.25) is 0 Å². The molecule has 6 heteroatoms. The number of thioether (sulfide) groups is 1. The molecule has 0 aliphatic rings. The molecule has 15 heavy (non-hydrogen) atoms. The van der Waals surface area contributed by atoms with Crippen molar-refractivity contribution in [3.8, 4) is 0 Å². The number of aromatic nitrogens is 3. The lowest BCUT2D eigenvalue weighted by Crippen LogP contribution is -2.27. The van der Waals surface area contributed by atoms with Gasteiger partial charge in [-0.05, 0) is 0 Å². The van der Waals surface area contributed by atoms with E-state index in [1.807, 2.05) is 0 Å². The van der Waals surface area contributed by atoms with E-state index >= 15 is 0 Å². The summed E-state index contributed by atoms with van der Waals surface area (Å²) in [5.74, 6) is 1.16. The minimum absolute atomic E-state index is 0.0197. The Balaban J connectivity index is 2.20. The molecule has 84 valence electrons. The summed E-state index contributed by atoms with van der Waals surface area (Å²) >= 11 is 1.62. The fourth-order valence-electron chi connectivity index (χ4n) is 0.831. The van der Waals surface area contributed by atoms with Crippen molar-refractivity contribution in [1.82, 2.24) is 20.5 Å². The van der Waals surface area contributed by atoms with E-state index in [0.29, 0.717) is 18.1 Å². The van der Waals surface area contributed by atoms with Crippen LogP contribution < -0.4 is 5.32 Å². The second kappa shape index (κ2) is 5.16. The summed E-state index contributed by atoms with van der Waals surface area (Å²) < 4.78 is 0.115. The molecule has 0 aromatic carbocycles. The maximum Gasteiger partial charge on any atom is 0.230 e. The van der Waals surface area contributed by atoms with Gasteiger partial charge in [-0.15, -0.1) is 11.8 Å². The molecule has 0 aliphatic heterocycles. The van der Waals surface area contributed by atoms with Crippen molar-refractivity contribution in [3.05, 3.63) is 12.2 Å². The van der Waals surface area contributed by atoms with Gasteiger partial charge in [-0.25, -0.2) is 4.98 Å². The van der Waals surface area contributed by atoms with E-state index in [4.69, 9.17) is 0 Å². The lowest BCUT2D eigenvalue weighted by Gasteiger charge is -2.16. The van der Waals surface area contributed by atoms with Gasteiger partial charge in [-0.3, -0.25) is 9.89 Å². The maximum atomic E-state index is 11.4. The smallest absolute Gasteiger partial charge is 0.230 e. The molecule has 5 nitrogen and oxygen atoms in total. The predicted octanol–water partition coefficient (Wildman–Crippen LogP) is 0.953. The van der Waals surface area contributed by atoms with Crippen LogP contribution in [0, 0.1) is 0 Å². The highest BCUT2D eigenvalue weighted by Crippen LogP contribution is 2.22. The number of nitrogens with zero attached hydrogens (tertiary/aromatic N) is 2. The molecule has 1 amide bonds. The number of aromatic amines is 1. The molecule has 0 atom stereocenters. The molecule has 0 bridgehead atoms. The van der Waals surface area contributed by atoms with Gasteiger partial charge in [0.2, 0.25) is 5.91 Å². The van der Waals surface area contributed by atoms with Gasteiger partial charge in [0.1, 0.15) is 12.2 Å². The molecule has 1 aromatic rings. The molecular weight excluding hydrogens is 212 g/mol. The number of amides is 1. The maximum absolute atomic E-state index is 11.4. The number of nitrogens with one attached hydrogen (secondary N) is 2. The number of carbonyl (C=O) groups is 1. The zero-order valence-electron chi connectivity index (χ0n) is 9.20. The van der Waals surface area contributed by atoms with Crippen LogP contribution >= 0.6 is 11.8 Å². The molecule has 0 saturated heterocycles. The van der Waals surface area contributed by atoms with Gasteiger partial charge >= 0.3 is 0 Å². The van der Waals surface area contributed by atoms with Gasteiger partial charge in [0.25, 0.3) is 0 Å². The fraction of sp³-hybridized carbons (Fsp3) is 0.667. The first-order valence-electron chi connectivity index (χ1n) is 4.72. The molecule has 0 radical (unpaired) electrons. The Morgan fingerprint density at radius 3 is 2.87 bits per heavy atom. The van der Waals surface area contributed by atoms with Gasteiger partial charge in [0.15, 0.2) is 0 Å². The molecule has 1 rings (SSSR count). The number of hydrogen-bond donors (Lipinski definition) is 2. The normalized spacial score (nSPS) is 11.4. The Bertz CT molecular complexity index is 304. The average Bonchev–Trinajstić information content (AvgIpc) is 2.62. The summed E-state index contributed by atoms with van der Waals surface area (Å²) in [6.45, 7) is 6.66. The average molecular weight is 228 g/mol. The summed E-state index contributed by atoms with van der Waals surface area (Å²) in [6.07, 6.45) is 1.42. The SMILES string of the molecule is CC(C)(C)SCC(=O)NCc1ncn[nH]1. The van der Waals surface area contributed by atoms with Gasteiger partial charge in [-0.1, -0.05) is 20.8 Å². The van der Waals surface area contributed by atoms with Crippen molar-refractivity contribution in [2.75, 3.05) is 5.75 Å². The first-order valence-corrected chi connectivity index (χ1v) is 5.71. The van der Waals surface area contributed by atoms with Crippen LogP contribution in [-0.4, -0.2) is 31.6 Å². The molecule has 0 saturated carbocycles. The highest BCUT2D eigenvalue weighted by Gasteiger charge is 2.13. The standard InChI is InChI=1S/C9H16N4OS/c1-9(2,3)15-5-8(14)10-4-7-11-6-12-13-7/h6H,4-5H2,1-3H3,(H,10,14)(H,11,12,13). The van der Waals surface area contributed by atoms with E-state index in [1.165, 1.54) is 6.33 Å². The summed E-state index contributed by atoms with van der Waals surface area (Å²) in [4.78, 5) is 15.3. The van der Waals surface area contributed by atoms with E-state index in [1.54, 1.807) is 11.8 Å². The third kappa shape index (κ3) is 5.41. The Labute approximate surface area is 93.4 Å². The third-order valence-electron chi connectivity index (χ3n) is 1.55. The van der Waals surface area contributed by atoms with Crippen molar-refractivity contribution < 1.29 is 4.79 Å². The van der Waals surface area contributed by atoms with E-state index in [2.05, 4.69) is 41.3 Å². The minimum atomic E-state index is 0.0197. The number of rotatable bonds is 4. The van der Waals surface area contributed by atoms with Crippen LogP contribution in [-0.2, 0) is 11.3 Å². The Hall–Kier alpha value is -1.04. The molecule has 0 spiro atoms. The summed E-state index contributed by atoms with van der Waals surface area (Å²) in [7, 11) is 0. The van der Waals surface area contributed by atoms with Crippen LogP contribution in [0.1, 0.15) is 26.6 Å². The van der Waals surface area contributed by atoms with Crippen molar-refractivity contribution in [2.24, 2.45) is 0 Å². The Kier molecular flexibility index (Phi) is 4.14. The summed E-state index contributed by atoms with van der Waals surface area (Å²) in [5.41, 5.74) is 0. The topological polar surface area (TPSA) is 70.7 Å². The monoisotopic (exact) mass is 228 g/mol. The molecule has 1 aromatic heterocycles. The Morgan fingerprint density at radius 1 is 1.60 bits per heavy atom. The van der Waals surface area contributed by atoms with Crippen molar-refractivity contribution in [2.45, 2.75) is 32.1 Å². The first kappa shape index (κ1) is 12.0. The summed E-state index contributed by atoms with van der Waals surface area (Å²) in [6, 6.07) is 0. The van der Waals surface area contributed by atoms with Crippen LogP contribution in [0.5, 0.6) is 0 Å². The van der Waals surface area contributed by atoms with Gasteiger partial charge < -0.3 is 5.32 Å². The van der Waals surface area contributed by atoms with Crippen molar-refractivity contribution in [3.63, 3.8) is 0 Å². The molecule has 0 fully saturated rings. The van der Waals surface area contributed by atoms with Crippen LogP contribution in [0.15, 0.2) is 6.33 Å². The first-order chi connectivity index (χ1) is 6.97. The van der Waals surface area contributed by atoms with Gasteiger partial charge in [-0.2, -0.15) is 5.10 Å². The number of H-pyrrole nitrogens is 1. The van der Waals surface area contributed by atoms with E-state index in [-0.39, 0.29) is 10.7 Å². The van der Waals surface area contributed by atoms with E-state index < -0.39 is 0 Å². The second-order valence-electron chi connectivity index (χ2n) is 4.11. The van der Waals surface area contributed by atoms with E-state index in [0.717, 1.165) is 0 Å². The molecule has 2 N–H and O–H groups in total. The highest BCUT2D eigenvalue weighted by atomic mass is 32.2. The quantitative estimate of drug-likeness (QED) is 0.805. The van der Waals surface area contributed by atoms with Crippen molar-refractivity contribution in [1.29, 1.82) is 0 Å². The zero-order valence-corrected chi connectivity index (χ0v) is 10.0. The molecular formula is C9H16N4OS. The number of hydrogen-bond acceptors (Lipinski definition) is 4. The lowest BCUT2D eigenvalue weighted by molar-refractivity contribution is -0.118. The predicted molar refractivity (Wildman–Crippen MR) is 60.4 cm³/mol. The Morgan fingerprint density at radius 2 is 2.33 bits per heavy atom. The van der Waals surface area contributed by atoms with Gasteiger partial charge in [0.05, 0.1) is 12.3 Å². The third-order valence-corrected chi connectivity index (χ3v) is 2.83. The van der Waals surface area contributed by atoms with Crippen LogP contribution in [0.3, 0.4) is 0 Å². The zero-order chi connectivity index (χ0) is 11.3. The highest BCUT2D eigenvalue weighted by molar-refractivity contribution is 8.01. The van der Waals surface area contributed by atoms with Crippen LogP contribution in [0.4, 0.5) is 0 Å². The van der Waals surface area contributed by atoms with Crippen molar-refractivity contribution >= 4 is 17.7 Å². The van der Waals surface area contributed by atoms with E-state index in [9.17, 15) is 4.79 Å². The van der Waals surface area contributed by atoms with Gasteiger partial charge in [0, 0.05) is 4.75 Å². The molecule has 1 heterocycles. The molecule has 0 aliphatic carbocycles. The largest absolute Gasteiger partial charge is 0.348 e. The fourth-order valence-corrected chi connectivity index (χ4v) is 1.50. The van der Waals surface area contributed by atoms with Crippen LogP contribution in [0.25, 0.3) is 0 Å². The minimum Gasteiger partial charge on any atom is -0.348 e. The number of carbonyl (C=O) groups excluding carboxylic acids is 1. The summed E-state index contributed by atoms with van der Waals surface area (Å²) in [5, 5.41) is 9.14. The second-order valence-corrected chi connectivity index (χ2v) is 5.91. The lowest BCUT2D eigenvalue weighted by atomic mass is 10.3. The molecule has 0 unspecified atom stereocenters.